The molecule has 2 atom stereocenters. The Bertz CT molecular complexity index is 1020. The Morgan fingerprint density at radius 3 is 2.24 bits per heavy atom. The van der Waals surface area contributed by atoms with Gasteiger partial charge < -0.3 is 0 Å². The number of sulfonamides is 1. The predicted octanol–water partition coefficient (Wildman–Crippen LogP) is 3.88. The minimum atomic E-state index is -3.96. The fourth-order valence-electron chi connectivity index (χ4n) is 3.40. The molecular formula is C21H23BrN2O4S. The zero-order valence-corrected chi connectivity index (χ0v) is 18.9. The maximum atomic E-state index is 13.4. The van der Waals surface area contributed by atoms with Gasteiger partial charge in [-0.3, -0.25) is 9.59 Å². The largest absolute Gasteiger partial charge is 0.274 e. The van der Waals surface area contributed by atoms with Crippen molar-refractivity contribution in [3.63, 3.8) is 0 Å². The van der Waals surface area contributed by atoms with Crippen LogP contribution >= 0.6 is 15.9 Å². The van der Waals surface area contributed by atoms with Crippen LogP contribution in [0.4, 0.5) is 5.69 Å². The lowest BCUT2D eigenvalue weighted by Crippen LogP contribution is -2.49. The summed E-state index contributed by atoms with van der Waals surface area (Å²) in [5.41, 5.74) is 1.37. The number of benzene rings is 2. The van der Waals surface area contributed by atoms with Crippen molar-refractivity contribution < 1.29 is 18.0 Å². The predicted molar refractivity (Wildman–Crippen MR) is 115 cm³/mol. The van der Waals surface area contributed by atoms with Crippen molar-refractivity contribution in [2.45, 2.75) is 50.6 Å². The molecule has 0 radical (unpaired) electrons. The van der Waals surface area contributed by atoms with Crippen LogP contribution < -0.4 is 4.90 Å². The molecule has 3 rings (SSSR count). The van der Waals surface area contributed by atoms with Crippen molar-refractivity contribution in [1.82, 2.24) is 4.31 Å². The molecule has 0 aliphatic carbocycles. The molecule has 1 heterocycles. The number of hydrogen-bond donors (Lipinski definition) is 0. The first-order valence-electron chi connectivity index (χ1n) is 9.39. The summed E-state index contributed by atoms with van der Waals surface area (Å²) in [6, 6.07) is 11.8. The molecule has 0 saturated carbocycles. The van der Waals surface area contributed by atoms with Gasteiger partial charge in [0.25, 0.3) is 5.91 Å². The van der Waals surface area contributed by atoms with Gasteiger partial charge in [-0.2, -0.15) is 4.31 Å². The van der Waals surface area contributed by atoms with Gasteiger partial charge in [0, 0.05) is 10.5 Å². The Labute approximate surface area is 179 Å². The van der Waals surface area contributed by atoms with E-state index >= 15 is 0 Å². The summed E-state index contributed by atoms with van der Waals surface area (Å²) in [6.45, 7) is 5.49. The van der Waals surface area contributed by atoms with Crippen LogP contribution in [-0.2, 0) is 19.6 Å². The molecule has 0 bridgehead atoms. The van der Waals surface area contributed by atoms with Gasteiger partial charge in [0.05, 0.1) is 17.0 Å². The third kappa shape index (κ3) is 4.15. The second-order valence-corrected chi connectivity index (χ2v) is 9.93. The summed E-state index contributed by atoms with van der Waals surface area (Å²) in [7, 11) is -3.96. The molecule has 2 aromatic carbocycles. The third-order valence-corrected chi connectivity index (χ3v) is 7.70. The quantitative estimate of drug-likeness (QED) is 0.590. The molecule has 2 aromatic rings. The summed E-state index contributed by atoms with van der Waals surface area (Å²) in [5, 5.41) is 0. The van der Waals surface area contributed by atoms with Crippen molar-refractivity contribution in [2.75, 3.05) is 4.90 Å². The number of carbonyl (C=O) groups is 2. The summed E-state index contributed by atoms with van der Waals surface area (Å²) >= 11 is 3.33. The molecule has 2 unspecified atom stereocenters. The standard InChI is InChI=1S/C21H23BrN2O4S/c1-4-15(3)24(29(27,28)18-11-5-14(2)6-12-18)19-13-20(25)23(21(19)26)17-9-7-16(22)8-10-17/h5-12,15,19H,4,13H2,1-3H3. The lowest BCUT2D eigenvalue weighted by molar-refractivity contribution is -0.122. The molecule has 1 fully saturated rings. The average molecular weight is 479 g/mol. The molecule has 0 N–H and O–H groups in total. The van der Waals surface area contributed by atoms with Crippen LogP contribution in [-0.4, -0.2) is 36.6 Å². The molecule has 8 heteroatoms. The highest BCUT2D eigenvalue weighted by atomic mass is 79.9. The van der Waals surface area contributed by atoms with E-state index < -0.39 is 33.9 Å². The van der Waals surface area contributed by atoms with Crippen molar-refractivity contribution in [3.05, 3.63) is 58.6 Å². The SMILES string of the molecule is CCC(C)N(C1CC(=O)N(c2ccc(Br)cc2)C1=O)S(=O)(=O)c1ccc(C)cc1. The van der Waals surface area contributed by atoms with Crippen LogP contribution in [0.25, 0.3) is 0 Å². The van der Waals surface area contributed by atoms with E-state index in [1.807, 2.05) is 13.8 Å². The number of halogens is 1. The topological polar surface area (TPSA) is 74.8 Å². The normalized spacial score (nSPS) is 18.5. The number of rotatable bonds is 6. The first kappa shape index (κ1) is 21.7. The Kier molecular flexibility index (Phi) is 6.26. The molecule has 154 valence electrons. The summed E-state index contributed by atoms with van der Waals surface area (Å²) in [4.78, 5) is 27.1. The second-order valence-electron chi connectivity index (χ2n) is 7.17. The van der Waals surface area contributed by atoms with Gasteiger partial charge in [0.1, 0.15) is 6.04 Å². The fourth-order valence-corrected chi connectivity index (χ4v) is 5.51. The van der Waals surface area contributed by atoms with Gasteiger partial charge in [-0.25, -0.2) is 13.3 Å². The molecule has 29 heavy (non-hydrogen) atoms. The average Bonchev–Trinajstić information content (AvgIpc) is 2.96. The summed E-state index contributed by atoms with van der Waals surface area (Å²) in [6.07, 6.45) is 0.339. The number of imide groups is 1. The maximum Gasteiger partial charge on any atom is 0.252 e. The van der Waals surface area contributed by atoms with Crippen molar-refractivity contribution in [1.29, 1.82) is 0 Å². The van der Waals surface area contributed by atoms with Crippen molar-refractivity contribution in [3.8, 4) is 0 Å². The van der Waals surface area contributed by atoms with Crippen LogP contribution in [0.2, 0.25) is 0 Å². The van der Waals surface area contributed by atoms with Crippen LogP contribution in [0.5, 0.6) is 0 Å². The minimum absolute atomic E-state index is 0.116. The van der Waals surface area contributed by atoms with E-state index in [2.05, 4.69) is 15.9 Å². The van der Waals surface area contributed by atoms with E-state index in [1.54, 1.807) is 43.3 Å². The van der Waals surface area contributed by atoms with Crippen LogP contribution in [0.3, 0.4) is 0 Å². The first-order chi connectivity index (χ1) is 13.7. The smallest absolute Gasteiger partial charge is 0.252 e. The number of anilines is 1. The lowest BCUT2D eigenvalue weighted by Gasteiger charge is -2.31. The Morgan fingerprint density at radius 2 is 1.69 bits per heavy atom. The zero-order chi connectivity index (χ0) is 21.3. The third-order valence-electron chi connectivity index (χ3n) is 5.14. The lowest BCUT2D eigenvalue weighted by atomic mass is 10.2. The zero-order valence-electron chi connectivity index (χ0n) is 16.5. The van der Waals surface area contributed by atoms with Gasteiger partial charge in [0.2, 0.25) is 15.9 Å². The highest BCUT2D eigenvalue weighted by Crippen LogP contribution is 2.32. The molecule has 2 amide bonds. The van der Waals surface area contributed by atoms with Gasteiger partial charge in [-0.05, 0) is 56.7 Å². The highest BCUT2D eigenvalue weighted by Gasteiger charge is 2.48. The number of carbonyl (C=O) groups excluding carboxylic acids is 2. The van der Waals surface area contributed by atoms with E-state index in [9.17, 15) is 18.0 Å². The molecular weight excluding hydrogens is 456 g/mol. The second kappa shape index (κ2) is 8.38. The number of hydrogen-bond acceptors (Lipinski definition) is 4. The van der Waals surface area contributed by atoms with Crippen molar-refractivity contribution >= 4 is 43.5 Å². The monoisotopic (exact) mass is 478 g/mol. The molecule has 6 nitrogen and oxygen atoms in total. The van der Waals surface area contributed by atoms with Crippen LogP contribution in [0, 0.1) is 6.92 Å². The summed E-state index contributed by atoms with van der Waals surface area (Å²) in [5.74, 6) is -0.928. The fraction of sp³-hybridized carbons (Fsp3) is 0.333. The molecule has 1 aliphatic rings. The van der Waals surface area contributed by atoms with Gasteiger partial charge in [-0.15, -0.1) is 0 Å². The van der Waals surface area contributed by atoms with Crippen LogP contribution in [0.15, 0.2) is 57.9 Å². The van der Waals surface area contributed by atoms with E-state index in [0.717, 1.165) is 14.9 Å². The first-order valence-corrected chi connectivity index (χ1v) is 11.6. The molecule has 1 aliphatic heterocycles. The molecule has 0 spiro atoms. The van der Waals surface area contributed by atoms with E-state index in [-0.39, 0.29) is 11.3 Å². The number of amides is 2. The highest BCUT2D eigenvalue weighted by molar-refractivity contribution is 9.10. The molecule has 0 aromatic heterocycles. The Morgan fingerprint density at radius 1 is 1.10 bits per heavy atom. The summed E-state index contributed by atoms with van der Waals surface area (Å²) < 4.78 is 28.8. The van der Waals surface area contributed by atoms with E-state index in [4.69, 9.17) is 0 Å². The van der Waals surface area contributed by atoms with Gasteiger partial charge in [-0.1, -0.05) is 40.5 Å². The van der Waals surface area contributed by atoms with Crippen molar-refractivity contribution in [2.24, 2.45) is 0 Å². The van der Waals surface area contributed by atoms with E-state index in [1.165, 1.54) is 16.4 Å². The minimum Gasteiger partial charge on any atom is -0.274 e. The Balaban J connectivity index is 2.01. The Hall–Kier alpha value is -2.03. The van der Waals surface area contributed by atoms with Gasteiger partial charge >= 0.3 is 0 Å². The maximum absolute atomic E-state index is 13.4. The van der Waals surface area contributed by atoms with E-state index in [0.29, 0.717) is 12.1 Å². The number of nitrogens with zero attached hydrogens (tertiary/aromatic N) is 2. The van der Waals surface area contributed by atoms with Crippen LogP contribution in [0.1, 0.15) is 32.3 Å². The molecule has 1 saturated heterocycles. The van der Waals surface area contributed by atoms with Gasteiger partial charge in [0.15, 0.2) is 0 Å². The number of aryl methyl sites for hydroxylation is 1.